The van der Waals surface area contributed by atoms with Crippen molar-refractivity contribution in [2.24, 2.45) is 0 Å². The lowest BCUT2D eigenvalue weighted by molar-refractivity contribution is 0.735. The summed E-state index contributed by atoms with van der Waals surface area (Å²) in [7, 11) is 0. The number of thioether (sulfide) groups is 1. The smallest absolute Gasteiger partial charge is 0.133 e. The second kappa shape index (κ2) is 6.19. The first-order chi connectivity index (χ1) is 7.16. The van der Waals surface area contributed by atoms with E-state index in [4.69, 9.17) is 5.26 Å². The largest absolute Gasteiger partial charge is 0.185 e. The second-order valence-electron chi connectivity index (χ2n) is 3.58. The molecule has 0 saturated heterocycles. The van der Waals surface area contributed by atoms with Crippen molar-refractivity contribution in [1.82, 2.24) is 0 Å². The molecular formula is C12H14BrNS. The lowest BCUT2D eigenvalue weighted by Crippen LogP contribution is -1.98. The molecule has 3 heteroatoms. The Bertz CT molecular complexity index is 370. The van der Waals surface area contributed by atoms with Gasteiger partial charge in [-0.05, 0) is 48.2 Å². The average Bonchev–Trinajstić information content (AvgIpc) is 2.22. The fraction of sp³-hybridized carbons (Fsp3) is 0.417. The first kappa shape index (κ1) is 12.6. The molecule has 0 N–H and O–H groups in total. The Morgan fingerprint density at radius 3 is 2.93 bits per heavy atom. The van der Waals surface area contributed by atoms with Crippen LogP contribution in [-0.2, 0) is 0 Å². The minimum atomic E-state index is 0.517. The molecule has 0 bridgehead atoms. The Balaban J connectivity index is 2.70. The first-order valence-corrected chi connectivity index (χ1v) is 6.70. The molecule has 0 heterocycles. The molecule has 1 nitrogen and oxygen atoms in total. The molecule has 1 unspecified atom stereocenters. The summed E-state index contributed by atoms with van der Waals surface area (Å²) in [5.41, 5.74) is 2.69. The maximum Gasteiger partial charge on any atom is 0.133 e. The van der Waals surface area contributed by atoms with E-state index in [2.05, 4.69) is 53.4 Å². The van der Waals surface area contributed by atoms with Crippen LogP contribution in [0.4, 0.5) is 0 Å². The zero-order valence-electron chi connectivity index (χ0n) is 8.96. The van der Waals surface area contributed by atoms with E-state index in [1.54, 1.807) is 0 Å². The lowest BCUT2D eigenvalue weighted by Gasteiger charge is -2.14. The van der Waals surface area contributed by atoms with Gasteiger partial charge in [0, 0.05) is 10.2 Å². The summed E-state index contributed by atoms with van der Waals surface area (Å²) in [5.74, 6) is 1.42. The van der Waals surface area contributed by atoms with Gasteiger partial charge in [0.15, 0.2) is 0 Å². The zero-order chi connectivity index (χ0) is 11.3. The highest BCUT2D eigenvalue weighted by Crippen LogP contribution is 2.28. The molecule has 0 aliphatic rings. The van der Waals surface area contributed by atoms with Crippen LogP contribution in [0, 0.1) is 17.6 Å². The summed E-state index contributed by atoms with van der Waals surface area (Å²) in [4.78, 5) is 0. The predicted octanol–water partition coefficient (Wildman–Crippen LogP) is 4.47. The van der Waals surface area contributed by atoms with Crippen LogP contribution < -0.4 is 0 Å². The number of nitriles is 1. The van der Waals surface area contributed by atoms with Crippen LogP contribution in [0.2, 0.25) is 0 Å². The minimum absolute atomic E-state index is 0.517. The molecule has 0 fully saturated rings. The van der Waals surface area contributed by atoms with Crippen molar-refractivity contribution >= 4 is 27.7 Å². The van der Waals surface area contributed by atoms with Gasteiger partial charge in [-0.15, -0.1) is 0 Å². The van der Waals surface area contributed by atoms with E-state index < -0.39 is 0 Å². The summed E-state index contributed by atoms with van der Waals surface area (Å²) in [5, 5.41) is 10.6. The van der Waals surface area contributed by atoms with E-state index >= 15 is 0 Å². The third-order valence-electron chi connectivity index (χ3n) is 2.56. The monoisotopic (exact) mass is 283 g/mol. The molecule has 1 rings (SSSR count). The highest BCUT2D eigenvalue weighted by molar-refractivity contribution is 9.10. The first-order valence-electron chi connectivity index (χ1n) is 4.92. The molecule has 0 aromatic heterocycles. The quantitative estimate of drug-likeness (QED) is 0.602. The molecule has 0 spiro atoms. The van der Waals surface area contributed by atoms with Crippen LogP contribution in [0.25, 0.3) is 0 Å². The summed E-state index contributed by atoms with van der Waals surface area (Å²) in [6, 6.07) is 6.30. The van der Waals surface area contributed by atoms with E-state index in [0.29, 0.717) is 5.92 Å². The Hall–Kier alpha value is -0.460. The van der Waals surface area contributed by atoms with E-state index in [0.717, 1.165) is 12.2 Å². The van der Waals surface area contributed by atoms with Crippen LogP contribution in [0.5, 0.6) is 0 Å². The van der Waals surface area contributed by atoms with Crippen LogP contribution in [0.1, 0.15) is 30.4 Å². The maximum atomic E-state index is 8.45. The van der Waals surface area contributed by atoms with Gasteiger partial charge >= 0.3 is 0 Å². The van der Waals surface area contributed by atoms with Crippen molar-refractivity contribution < 1.29 is 0 Å². The van der Waals surface area contributed by atoms with Crippen molar-refractivity contribution in [3.05, 3.63) is 33.8 Å². The van der Waals surface area contributed by atoms with E-state index in [-0.39, 0.29) is 0 Å². The van der Waals surface area contributed by atoms with Gasteiger partial charge in [0.25, 0.3) is 0 Å². The average molecular weight is 284 g/mol. The minimum Gasteiger partial charge on any atom is -0.185 e. The second-order valence-corrected chi connectivity index (χ2v) is 5.32. The number of thiocyanates is 1. The molecule has 0 aliphatic heterocycles. The highest BCUT2D eigenvalue weighted by atomic mass is 79.9. The van der Waals surface area contributed by atoms with Gasteiger partial charge < -0.3 is 0 Å². The fourth-order valence-corrected chi connectivity index (χ4v) is 2.54. The fourth-order valence-electron chi connectivity index (χ4n) is 1.59. The van der Waals surface area contributed by atoms with Gasteiger partial charge in [-0.25, -0.2) is 0 Å². The third-order valence-corrected chi connectivity index (χ3v) is 3.99. The number of rotatable bonds is 4. The normalized spacial score (nSPS) is 12.1. The van der Waals surface area contributed by atoms with E-state index in [9.17, 15) is 0 Å². The highest BCUT2D eigenvalue weighted by Gasteiger charge is 2.09. The Kier molecular flexibility index (Phi) is 5.21. The summed E-state index contributed by atoms with van der Waals surface area (Å²) in [6.07, 6.45) is 1.05. The van der Waals surface area contributed by atoms with Crippen molar-refractivity contribution in [2.75, 3.05) is 5.75 Å². The van der Waals surface area contributed by atoms with Crippen molar-refractivity contribution in [2.45, 2.75) is 26.2 Å². The van der Waals surface area contributed by atoms with Crippen molar-refractivity contribution in [3.63, 3.8) is 0 Å². The number of nitrogens with zero attached hydrogens (tertiary/aromatic N) is 1. The van der Waals surface area contributed by atoms with Crippen LogP contribution >= 0.6 is 27.7 Å². The number of hydrogen-bond donors (Lipinski definition) is 0. The van der Waals surface area contributed by atoms with Crippen molar-refractivity contribution in [3.8, 4) is 5.40 Å². The molecular weight excluding hydrogens is 270 g/mol. The molecule has 0 saturated carbocycles. The van der Waals surface area contributed by atoms with Gasteiger partial charge in [-0.2, -0.15) is 5.26 Å². The molecule has 15 heavy (non-hydrogen) atoms. The predicted molar refractivity (Wildman–Crippen MR) is 70.0 cm³/mol. The van der Waals surface area contributed by atoms with Gasteiger partial charge in [-0.1, -0.05) is 35.0 Å². The van der Waals surface area contributed by atoms with Gasteiger partial charge in [-0.3, -0.25) is 0 Å². The van der Waals surface area contributed by atoms with Gasteiger partial charge in [0.1, 0.15) is 5.40 Å². The number of halogens is 1. The van der Waals surface area contributed by atoms with Crippen LogP contribution in [0.3, 0.4) is 0 Å². The lowest BCUT2D eigenvalue weighted by atomic mass is 9.94. The topological polar surface area (TPSA) is 23.8 Å². The molecule has 0 radical (unpaired) electrons. The number of hydrogen-bond acceptors (Lipinski definition) is 2. The molecule has 1 aromatic carbocycles. The Morgan fingerprint density at radius 1 is 1.53 bits per heavy atom. The Morgan fingerprint density at radius 2 is 2.27 bits per heavy atom. The SMILES string of the molecule is Cc1c(Br)cccc1C(C)CCSC#N. The van der Waals surface area contributed by atoms with Crippen LogP contribution in [-0.4, -0.2) is 5.75 Å². The summed E-state index contributed by atoms with van der Waals surface area (Å²) in [6.45, 7) is 4.35. The summed E-state index contributed by atoms with van der Waals surface area (Å²) >= 11 is 4.87. The van der Waals surface area contributed by atoms with E-state index in [1.807, 2.05) is 0 Å². The molecule has 80 valence electrons. The van der Waals surface area contributed by atoms with Crippen LogP contribution in [0.15, 0.2) is 22.7 Å². The molecule has 1 aromatic rings. The summed E-state index contributed by atoms with van der Waals surface area (Å²) < 4.78 is 1.17. The van der Waals surface area contributed by atoms with Crippen molar-refractivity contribution in [1.29, 1.82) is 5.26 Å². The van der Waals surface area contributed by atoms with Gasteiger partial charge in [0.05, 0.1) is 0 Å². The maximum absolute atomic E-state index is 8.45. The van der Waals surface area contributed by atoms with Gasteiger partial charge in [0.2, 0.25) is 0 Å². The Labute approximate surface area is 104 Å². The zero-order valence-corrected chi connectivity index (χ0v) is 11.4. The molecule has 0 aliphatic carbocycles. The number of benzene rings is 1. The molecule has 0 amide bonds. The molecule has 1 atom stereocenters. The third kappa shape index (κ3) is 3.55. The standard InChI is InChI=1S/C12H14BrNS/c1-9(6-7-15-8-14)11-4-3-5-12(13)10(11)2/h3-5,9H,6-7H2,1-2H3. The van der Waals surface area contributed by atoms with E-state index in [1.165, 1.54) is 27.4 Å².